The molecular formula is C13H14ClNO3. The van der Waals surface area contributed by atoms with Crippen molar-refractivity contribution in [2.45, 2.75) is 20.0 Å². The zero-order valence-electron chi connectivity index (χ0n) is 10.2. The van der Waals surface area contributed by atoms with Crippen LogP contribution in [0.4, 0.5) is 0 Å². The Morgan fingerprint density at radius 1 is 1.56 bits per heavy atom. The fraction of sp³-hybridized carbons (Fsp3) is 0.308. The molecule has 96 valence electrons. The smallest absolute Gasteiger partial charge is 0.287 e. The van der Waals surface area contributed by atoms with Crippen molar-refractivity contribution in [3.05, 3.63) is 34.5 Å². The van der Waals surface area contributed by atoms with Gasteiger partial charge in [0, 0.05) is 17.5 Å². The minimum atomic E-state index is -0.595. The molecule has 5 heteroatoms. The van der Waals surface area contributed by atoms with Crippen molar-refractivity contribution in [3.63, 3.8) is 0 Å². The maximum Gasteiger partial charge on any atom is 0.287 e. The Hall–Kier alpha value is -1.52. The number of carbonyl (C=O) groups is 1. The van der Waals surface area contributed by atoms with Crippen LogP contribution in [0.1, 0.15) is 23.0 Å². The zero-order chi connectivity index (χ0) is 13.3. The summed E-state index contributed by atoms with van der Waals surface area (Å²) < 4.78 is 5.50. The van der Waals surface area contributed by atoms with Gasteiger partial charge >= 0.3 is 0 Å². The number of aliphatic hydroxyl groups excluding tert-OH is 1. The lowest BCUT2D eigenvalue weighted by Crippen LogP contribution is -2.30. The summed E-state index contributed by atoms with van der Waals surface area (Å²) in [6.45, 7) is 3.59. The molecule has 2 aromatic rings. The van der Waals surface area contributed by atoms with Gasteiger partial charge in [-0.3, -0.25) is 4.79 Å². The molecule has 2 rings (SSSR count). The monoisotopic (exact) mass is 267 g/mol. The lowest BCUT2D eigenvalue weighted by atomic mass is 10.1. The van der Waals surface area contributed by atoms with Crippen LogP contribution in [0.2, 0.25) is 5.02 Å². The third-order valence-electron chi connectivity index (χ3n) is 2.68. The number of para-hydroxylation sites is 1. The van der Waals surface area contributed by atoms with E-state index in [4.69, 9.17) is 21.1 Å². The molecule has 0 bridgehead atoms. The van der Waals surface area contributed by atoms with Gasteiger partial charge in [-0.05, 0) is 19.9 Å². The van der Waals surface area contributed by atoms with Gasteiger partial charge in [0.2, 0.25) is 0 Å². The van der Waals surface area contributed by atoms with Crippen LogP contribution in [0.3, 0.4) is 0 Å². The van der Waals surface area contributed by atoms with Gasteiger partial charge in [-0.15, -0.1) is 0 Å². The van der Waals surface area contributed by atoms with Gasteiger partial charge in [-0.1, -0.05) is 23.7 Å². The van der Waals surface area contributed by atoms with Gasteiger partial charge in [-0.25, -0.2) is 0 Å². The van der Waals surface area contributed by atoms with Crippen LogP contribution in [0.5, 0.6) is 0 Å². The van der Waals surface area contributed by atoms with Crippen LogP contribution in [-0.4, -0.2) is 23.7 Å². The maximum atomic E-state index is 11.9. The number of rotatable bonds is 3. The van der Waals surface area contributed by atoms with E-state index in [1.54, 1.807) is 19.9 Å². The van der Waals surface area contributed by atoms with Gasteiger partial charge in [0.25, 0.3) is 5.91 Å². The molecular weight excluding hydrogens is 254 g/mol. The Balaban J connectivity index is 2.37. The number of furan rings is 1. The highest BCUT2D eigenvalue weighted by Gasteiger charge is 2.18. The minimum Gasteiger partial charge on any atom is -0.449 e. The van der Waals surface area contributed by atoms with Crippen molar-refractivity contribution >= 4 is 28.5 Å². The van der Waals surface area contributed by atoms with E-state index in [9.17, 15) is 4.79 Å². The lowest BCUT2D eigenvalue weighted by Gasteiger charge is -2.05. The second-order valence-corrected chi connectivity index (χ2v) is 4.64. The molecule has 0 aliphatic carbocycles. The molecule has 1 unspecified atom stereocenters. The Morgan fingerprint density at radius 3 is 2.89 bits per heavy atom. The average molecular weight is 268 g/mol. The van der Waals surface area contributed by atoms with Crippen LogP contribution in [0.15, 0.2) is 22.6 Å². The van der Waals surface area contributed by atoms with Crippen molar-refractivity contribution in [2.75, 3.05) is 6.54 Å². The lowest BCUT2D eigenvalue weighted by molar-refractivity contribution is 0.0898. The molecule has 0 aliphatic rings. The van der Waals surface area contributed by atoms with Crippen molar-refractivity contribution in [3.8, 4) is 0 Å². The summed E-state index contributed by atoms with van der Waals surface area (Å²) in [5.41, 5.74) is 1.26. The van der Waals surface area contributed by atoms with Gasteiger partial charge in [-0.2, -0.15) is 0 Å². The maximum absolute atomic E-state index is 11.9. The summed E-state index contributed by atoms with van der Waals surface area (Å²) >= 11 is 6.01. The number of carbonyl (C=O) groups excluding carboxylic acids is 1. The summed E-state index contributed by atoms with van der Waals surface area (Å²) in [7, 11) is 0. The molecule has 0 saturated carbocycles. The van der Waals surface area contributed by atoms with Gasteiger partial charge in [0.15, 0.2) is 11.3 Å². The van der Waals surface area contributed by atoms with Crippen LogP contribution < -0.4 is 5.32 Å². The molecule has 1 aromatic carbocycles. The Kier molecular flexibility index (Phi) is 3.59. The quantitative estimate of drug-likeness (QED) is 0.898. The van der Waals surface area contributed by atoms with Gasteiger partial charge in [0.1, 0.15) is 0 Å². The third kappa shape index (κ3) is 2.35. The highest BCUT2D eigenvalue weighted by atomic mass is 35.5. The molecule has 0 spiro atoms. The third-order valence-corrected chi connectivity index (χ3v) is 2.98. The molecule has 0 saturated heterocycles. The molecule has 4 nitrogen and oxygen atoms in total. The molecule has 1 heterocycles. The van der Waals surface area contributed by atoms with Crippen LogP contribution in [0, 0.1) is 6.92 Å². The summed E-state index contributed by atoms with van der Waals surface area (Å²) in [4.78, 5) is 11.9. The van der Waals surface area contributed by atoms with Crippen LogP contribution in [0.25, 0.3) is 11.0 Å². The molecule has 0 aliphatic heterocycles. The number of hydrogen-bond acceptors (Lipinski definition) is 3. The second-order valence-electron chi connectivity index (χ2n) is 4.23. The predicted molar refractivity (Wildman–Crippen MR) is 70.0 cm³/mol. The topological polar surface area (TPSA) is 62.5 Å². The van der Waals surface area contributed by atoms with Crippen molar-refractivity contribution < 1.29 is 14.3 Å². The van der Waals surface area contributed by atoms with E-state index in [0.29, 0.717) is 10.6 Å². The Bertz CT molecular complexity index is 589. The van der Waals surface area contributed by atoms with Crippen molar-refractivity contribution in [2.24, 2.45) is 0 Å². The number of amides is 1. The fourth-order valence-electron chi connectivity index (χ4n) is 1.75. The summed E-state index contributed by atoms with van der Waals surface area (Å²) in [5.74, 6) is -0.112. The molecule has 18 heavy (non-hydrogen) atoms. The molecule has 1 atom stereocenters. The number of fused-ring (bicyclic) bond motifs is 1. The minimum absolute atomic E-state index is 0.184. The van der Waals surface area contributed by atoms with Crippen LogP contribution in [-0.2, 0) is 0 Å². The van der Waals surface area contributed by atoms with Gasteiger partial charge in [0.05, 0.1) is 11.1 Å². The van der Waals surface area contributed by atoms with E-state index in [1.807, 2.05) is 12.1 Å². The average Bonchev–Trinajstić information content (AvgIpc) is 2.66. The summed E-state index contributed by atoms with van der Waals surface area (Å²) in [6.07, 6.45) is -0.595. The predicted octanol–water partition coefficient (Wildman–Crippen LogP) is 2.51. The SMILES string of the molecule is Cc1c(C(=O)NCC(C)O)oc2c(Cl)cccc12. The Morgan fingerprint density at radius 2 is 2.28 bits per heavy atom. The van der Waals surface area contributed by atoms with E-state index in [0.717, 1.165) is 10.9 Å². The Labute approximate surface area is 110 Å². The molecule has 2 N–H and O–H groups in total. The highest BCUT2D eigenvalue weighted by Crippen LogP contribution is 2.30. The first-order valence-corrected chi connectivity index (χ1v) is 6.02. The molecule has 0 fully saturated rings. The van der Waals surface area contributed by atoms with E-state index in [1.165, 1.54) is 0 Å². The number of nitrogens with one attached hydrogen (secondary N) is 1. The standard InChI is InChI=1S/C13H14ClNO3/c1-7(16)6-15-13(17)11-8(2)9-4-3-5-10(14)12(9)18-11/h3-5,7,16H,6H2,1-2H3,(H,15,17). The summed E-state index contributed by atoms with van der Waals surface area (Å²) in [6, 6.07) is 5.38. The number of aliphatic hydroxyl groups is 1. The number of halogens is 1. The first-order valence-electron chi connectivity index (χ1n) is 5.64. The first kappa shape index (κ1) is 12.9. The highest BCUT2D eigenvalue weighted by molar-refractivity contribution is 6.35. The molecule has 1 amide bonds. The van der Waals surface area contributed by atoms with Gasteiger partial charge < -0.3 is 14.8 Å². The van der Waals surface area contributed by atoms with E-state index < -0.39 is 6.10 Å². The number of aryl methyl sites for hydroxylation is 1. The molecule has 1 aromatic heterocycles. The normalized spacial score (nSPS) is 12.7. The number of hydrogen-bond donors (Lipinski definition) is 2. The van der Waals surface area contributed by atoms with E-state index in [2.05, 4.69) is 5.32 Å². The number of benzene rings is 1. The van der Waals surface area contributed by atoms with Crippen molar-refractivity contribution in [1.29, 1.82) is 0 Å². The second kappa shape index (κ2) is 5.00. The van der Waals surface area contributed by atoms with E-state index in [-0.39, 0.29) is 18.2 Å². The fourth-order valence-corrected chi connectivity index (χ4v) is 1.96. The molecule has 0 radical (unpaired) electrons. The van der Waals surface area contributed by atoms with Crippen molar-refractivity contribution in [1.82, 2.24) is 5.32 Å². The zero-order valence-corrected chi connectivity index (χ0v) is 10.9. The van der Waals surface area contributed by atoms with E-state index >= 15 is 0 Å². The summed E-state index contributed by atoms with van der Waals surface area (Å²) in [5, 5.41) is 13.0. The largest absolute Gasteiger partial charge is 0.449 e. The first-order chi connectivity index (χ1) is 8.50. The van der Waals surface area contributed by atoms with Crippen LogP contribution >= 0.6 is 11.6 Å².